The SMILES string of the molecule is CCOc1cc(Br)c(C(Br)CC(C)CC)cc1OCC. The zero-order valence-electron chi connectivity index (χ0n) is 12.7. The molecule has 0 radical (unpaired) electrons. The Morgan fingerprint density at radius 2 is 1.60 bits per heavy atom. The van der Waals surface area contributed by atoms with Crippen LogP contribution < -0.4 is 9.47 Å². The molecule has 0 fully saturated rings. The van der Waals surface area contributed by atoms with Crippen LogP contribution in [0.15, 0.2) is 16.6 Å². The third-order valence-corrected chi connectivity index (χ3v) is 4.86. The highest BCUT2D eigenvalue weighted by Gasteiger charge is 2.18. The molecule has 0 spiro atoms. The molecule has 1 rings (SSSR count). The molecule has 2 unspecified atom stereocenters. The topological polar surface area (TPSA) is 18.5 Å². The summed E-state index contributed by atoms with van der Waals surface area (Å²) in [6.07, 6.45) is 2.30. The van der Waals surface area contributed by atoms with Crippen molar-refractivity contribution in [1.29, 1.82) is 0 Å². The summed E-state index contributed by atoms with van der Waals surface area (Å²) in [6, 6.07) is 4.09. The highest BCUT2D eigenvalue weighted by molar-refractivity contribution is 9.11. The average molecular weight is 408 g/mol. The van der Waals surface area contributed by atoms with Gasteiger partial charge in [0, 0.05) is 9.30 Å². The highest BCUT2D eigenvalue weighted by Crippen LogP contribution is 2.41. The van der Waals surface area contributed by atoms with E-state index in [1.54, 1.807) is 0 Å². The van der Waals surface area contributed by atoms with E-state index in [1.165, 1.54) is 12.0 Å². The van der Waals surface area contributed by atoms with E-state index < -0.39 is 0 Å². The molecule has 0 bridgehead atoms. The number of rotatable bonds is 8. The van der Waals surface area contributed by atoms with E-state index in [2.05, 4.69) is 51.8 Å². The van der Waals surface area contributed by atoms with Crippen LogP contribution in [0, 0.1) is 5.92 Å². The zero-order valence-corrected chi connectivity index (χ0v) is 15.9. The Morgan fingerprint density at radius 3 is 2.10 bits per heavy atom. The summed E-state index contributed by atoms with van der Waals surface area (Å²) in [4.78, 5) is 0.321. The summed E-state index contributed by atoms with van der Waals surface area (Å²) in [5, 5.41) is 0. The first-order valence-corrected chi connectivity index (χ1v) is 8.97. The van der Waals surface area contributed by atoms with Crippen LogP contribution >= 0.6 is 31.9 Å². The van der Waals surface area contributed by atoms with Crippen molar-refractivity contribution < 1.29 is 9.47 Å². The van der Waals surface area contributed by atoms with E-state index in [-0.39, 0.29) is 0 Å². The molecule has 0 aliphatic heterocycles. The number of halogens is 2. The molecule has 0 aliphatic carbocycles. The van der Waals surface area contributed by atoms with Gasteiger partial charge >= 0.3 is 0 Å². The Labute approximate surface area is 139 Å². The van der Waals surface area contributed by atoms with E-state index in [4.69, 9.17) is 9.47 Å². The van der Waals surface area contributed by atoms with Crippen molar-refractivity contribution in [1.82, 2.24) is 0 Å². The lowest BCUT2D eigenvalue weighted by molar-refractivity contribution is 0.287. The Kier molecular flexibility index (Phi) is 7.96. The van der Waals surface area contributed by atoms with Crippen molar-refractivity contribution in [2.75, 3.05) is 13.2 Å². The first-order chi connectivity index (χ1) is 9.53. The Bertz CT molecular complexity index is 421. The molecule has 20 heavy (non-hydrogen) atoms. The maximum Gasteiger partial charge on any atom is 0.162 e. The summed E-state index contributed by atoms with van der Waals surface area (Å²) in [5.41, 5.74) is 1.22. The summed E-state index contributed by atoms with van der Waals surface area (Å²) >= 11 is 7.45. The van der Waals surface area contributed by atoms with Gasteiger partial charge in [0.05, 0.1) is 13.2 Å². The second kappa shape index (κ2) is 8.93. The van der Waals surface area contributed by atoms with Gasteiger partial charge in [-0.05, 0) is 43.9 Å². The van der Waals surface area contributed by atoms with Gasteiger partial charge in [-0.2, -0.15) is 0 Å². The second-order valence-electron chi connectivity index (χ2n) is 4.90. The van der Waals surface area contributed by atoms with Gasteiger partial charge in [-0.3, -0.25) is 0 Å². The molecular formula is C16H24Br2O2. The van der Waals surface area contributed by atoms with Crippen LogP contribution in [0.2, 0.25) is 0 Å². The molecule has 0 aliphatic rings. The van der Waals surface area contributed by atoms with Crippen LogP contribution in [0.5, 0.6) is 11.5 Å². The number of hydrogen-bond acceptors (Lipinski definition) is 2. The van der Waals surface area contributed by atoms with Crippen LogP contribution in [-0.2, 0) is 0 Å². The zero-order chi connectivity index (χ0) is 15.1. The second-order valence-corrected chi connectivity index (χ2v) is 6.86. The van der Waals surface area contributed by atoms with Crippen molar-refractivity contribution in [3.8, 4) is 11.5 Å². The van der Waals surface area contributed by atoms with E-state index in [0.717, 1.165) is 22.4 Å². The first-order valence-electron chi connectivity index (χ1n) is 7.26. The normalized spacial score (nSPS) is 13.9. The third kappa shape index (κ3) is 4.96. The van der Waals surface area contributed by atoms with Crippen molar-refractivity contribution in [3.05, 3.63) is 22.2 Å². The number of hydrogen-bond donors (Lipinski definition) is 0. The van der Waals surface area contributed by atoms with Gasteiger partial charge in [0.1, 0.15) is 0 Å². The fraction of sp³-hybridized carbons (Fsp3) is 0.625. The highest BCUT2D eigenvalue weighted by atomic mass is 79.9. The maximum atomic E-state index is 5.70. The first kappa shape index (κ1) is 17.8. The van der Waals surface area contributed by atoms with Crippen molar-refractivity contribution in [2.45, 2.75) is 45.4 Å². The molecule has 2 nitrogen and oxygen atoms in total. The van der Waals surface area contributed by atoms with Gasteiger partial charge in [0.25, 0.3) is 0 Å². The van der Waals surface area contributed by atoms with Crippen molar-refractivity contribution in [2.24, 2.45) is 5.92 Å². The van der Waals surface area contributed by atoms with Gasteiger partial charge in [0.2, 0.25) is 0 Å². The fourth-order valence-corrected chi connectivity index (χ4v) is 3.90. The van der Waals surface area contributed by atoms with Crippen LogP contribution in [0.3, 0.4) is 0 Å². The maximum absolute atomic E-state index is 5.70. The van der Waals surface area contributed by atoms with Crippen LogP contribution in [0.1, 0.15) is 50.9 Å². The minimum Gasteiger partial charge on any atom is -0.490 e. The van der Waals surface area contributed by atoms with Crippen molar-refractivity contribution in [3.63, 3.8) is 0 Å². The molecule has 0 saturated heterocycles. The monoisotopic (exact) mass is 406 g/mol. The smallest absolute Gasteiger partial charge is 0.162 e. The Morgan fingerprint density at radius 1 is 1.05 bits per heavy atom. The van der Waals surface area contributed by atoms with E-state index in [0.29, 0.717) is 24.0 Å². The number of benzene rings is 1. The lowest BCUT2D eigenvalue weighted by atomic mass is 9.98. The van der Waals surface area contributed by atoms with Crippen LogP contribution in [-0.4, -0.2) is 13.2 Å². The molecule has 0 aromatic heterocycles. The largest absolute Gasteiger partial charge is 0.490 e. The summed E-state index contributed by atoms with van der Waals surface area (Å²) in [7, 11) is 0. The summed E-state index contributed by atoms with van der Waals surface area (Å²) < 4.78 is 12.4. The molecule has 114 valence electrons. The van der Waals surface area contributed by atoms with E-state index >= 15 is 0 Å². The predicted octanol–water partition coefficient (Wildman–Crippen LogP) is 6.12. The quantitative estimate of drug-likeness (QED) is 0.483. The number of ether oxygens (including phenoxy) is 2. The minimum absolute atomic E-state index is 0.321. The predicted molar refractivity (Wildman–Crippen MR) is 92.2 cm³/mol. The Hall–Kier alpha value is -0.220. The van der Waals surface area contributed by atoms with Crippen LogP contribution in [0.4, 0.5) is 0 Å². The molecule has 1 aromatic rings. The molecule has 0 saturated carbocycles. The van der Waals surface area contributed by atoms with Gasteiger partial charge in [-0.15, -0.1) is 0 Å². The molecular weight excluding hydrogens is 384 g/mol. The molecule has 0 heterocycles. The van der Waals surface area contributed by atoms with Gasteiger partial charge in [-0.25, -0.2) is 0 Å². The Balaban J connectivity index is 3.04. The minimum atomic E-state index is 0.321. The molecule has 1 aromatic carbocycles. The average Bonchev–Trinajstić information content (AvgIpc) is 2.41. The lowest BCUT2D eigenvalue weighted by Crippen LogP contribution is -2.03. The summed E-state index contributed by atoms with van der Waals surface area (Å²) in [6.45, 7) is 9.75. The standard InChI is InChI=1S/C16H24Br2O2/c1-5-11(4)8-13(17)12-9-15(19-6-2)16(20-7-3)10-14(12)18/h9-11,13H,5-8H2,1-4H3. The third-order valence-electron chi connectivity index (χ3n) is 3.31. The van der Waals surface area contributed by atoms with Crippen molar-refractivity contribution >= 4 is 31.9 Å². The van der Waals surface area contributed by atoms with E-state index in [1.807, 2.05) is 19.9 Å². The molecule has 2 atom stereocenters. The van der Waals surface area contributed by atoms with Crippen LogP contribution in [0.25, 0.3) is 0 Å². The summed E-state index contributed by atoms with van der Waals surface area (Å²) in [5.74, 6) is 2.31. The molecule has 0 N–H and O–H groups in total. The fourth-order valence-electron chi connectivity index (χ4n) is 1.97. The molecule has 4 heteroatoms. The lowest BCUT2D eigenvalue weighted by Gasteiger charge is -2.19. The van der Waals surface area contributed by atoms with E-state index in [9.17, 15) is 0 Å². The van der Waals surface area contributed by atoms with Gasteiger partial charge in [-0.1, -0.05) is 52.1 Å². The molecule has 0 amide bonds. The number of alkyl halides is 1. The van der Waals surface area contributed by atoms with Gasteiger partial charge < -0.3 is 9.47 Å². The van der Waals surface area contributed by atoms with Gasteiger partial charge in [0.15, 0.2) is 11.5 Å².